The molecule has 0 unspecified atom stereocenters. The lowest BCUT2D eigenvalue weighted by Crippen LogP contribution is -2.13. The van der Waals surface area contributed by atoms with E-state index in [1.54, 1.807) is 18.0 Å². The summed E-state index contributed by atoms with van der Waals surface area (Å²) in [6.45, 7) is 1.77. The Morgan fingerprint density at radius 3 is 2.48 bits per heavy atom. The van der Waals surface area contributed by atoms with Crippen LogP contribution in [-0.2, 0) is 18.8 Å². The molecule has 0 radical (unpaired) electrons. The van der Waals surface area contributed by atoms with Crippen LogP contribution in [0, 0.1) is 6.92 Å². The maximum absolute atomic E-state index is 9.85. The van der Waals surface area contributed by atoms with Crippen molar-refractivity contribution in [1.82, 2.24) is 15.0 Å². The number of aromatic nitrogens is 3. The largest absolute Gasteiger partial charge is 0.436 e. The number of nitrogens with zero attached hydrogens (tertiary/aromatic N) is 3. The summed E-state index contributed by atoms with van der Waals surface area (Å²) in [5, 5.41) is 11.9. The van der Waals surface area contributed by atoms with Crippen LogP contribution in [0.5, 0.6) is 11.6 Å². The monoisotopic (exact) mass is 495 g/mol. The van der Waals surface area contributed by atoms with Crippen molar-refractivity contribution < 1.29 is 9.84 Å². The first kappa shape index (κ1) is 22.2. The fourth-order valence-electron chi connectivity index (χ4n) is 3.74. The highest BCUT2D eigenvalue weighted by atomic mass is 35.5. The van der Waals surface area contributed by atoms with Gasteiger partial charge in [-0.3, -0.25) is 4.98 Å². The average Bonchev–Trinajstić information content (AvgIpc) is 2.83. The fourth-order valence-corrected chi connectivity index (χ4v) is 5.27. The fraction of sp³-hybridized carbons (Fsp3) is 0.160. The zero-order valence-electron chi connectivity index (χ0n) is 17.7. The SMILES string of the molecule is Cc1ncc(CO)c2c1Oc1nc(-c3ccccc3Cl)nc(SCc3ccccc3Cl)c1C2. The molecule has 166 valence electrons. The van der Waals surface area contributed by atoms with E-state index in [-0.39, 0.29) is 6.61 Å². The van der Waals surface area contributed by atoms with Crippen LogP contribution in [0.3, 0.4) is 0 Å². The van der Waals surface area contributed by atoms with Crippen LogP contribution in [0.15, 0.2) is 59.8 Å². The quantitative estimate of drug-likeness (QED) is 0.218. The zero-order chi connectivity index (χ0) is 22.9. The summed E-state index contributed by atoms with van der Waals surface area (Å²) in [6, 6.07) is 15.2. The molecule has 1 aliphatic heterocycles. The molecular formula is C25H19Cl2N3O2S. The number of aliphatic hydroxyl groups is 1. The van der Waals surface area contributed by atoms with Crippen LogP contribution in [-0.4, -0.2) is 20.1 Å². The van der Waals surface area contributed by atoms with E-state index in [1.807, 2.05) is 55.5 Å². The van der Waals surface area contributed by atoms with Crippen molar-refractivity contribution >= 4 is 35.0 Å². The summed E-state index contributed by atoms with van der Waals surface area (Å²) in [5.41, 5.74) is 5.01. The Labute approximate surface area is 205 Å². The zero-order valence-corrected chi connectivity index (χ0v) is 20.0. The van der Waals surface area contributed by atoms with Gasteiger partial charge in [0.05, 0.1) is 22.9 Å². The van der Waals surface area contributed by atoms with E-state index in [1.165, 1.54) is 0 Å². The number of aryl methyl sites for hydroxylation is 1. The van der Waals surface area contributed by atoms with Crippen LogP contribution in [0.2, 0.25) is 10.0 Å². The second-order valence-corrected chi connectivity index (χ2v) is 9.39. The van der Waals surface area contributed by atoms with Gasteiger partial charge in [0.25, 0.3) is 0 Å². The number of hydrogen-bond donors (Lipinski definition) is 1. The Balaban J connectivity index is 1.62. The van der Waals surface area contributed by atoms with Crippen LogP contribution >= 0.6 is 35.0 Å². The van der Waals surface area contributed by atoms with Crippen molar-refractivity contribution in [1.29, 1.82) is 0 Å². The summed E-state index contributed by atoms with van der Waals surface area (Å²) in [4.78, 5) is 14.0. The summed E-state index contributed by atoms with van der Waals surface area (Å²) >= 11 is 14.4. The molecule has 0 aliphatic carbocycles. The number of rotatable bonds is 5. The molecule has 5 nitrogen and oxygen atoms in total. The molecule has 33 heavy (non-hydrogen) atoms. The van der Waals surface area contributed by atoms with Crippen molar-refractivity contribution in [3.8, 4) is 23.0 Å². The number of benzene rings is 2. The first-order valence-corrected chi connectivity index (χ1v) is 12.1. The second-order valence-electron chi connectivity index (χ2n) is 7.61. The number of halogens is 2. The van der Waals surface area contributed by atoms with Gasteiger partial charge in [-0.15, -0.1) is 11.8 Å². The topological polar surface area (TPSA) is 68.1 Å². The number of pyridine rings is 1. The normalized spacial score (nSPS) is 12.1. The molecule has 8 heteroatoms. The van der Waals surface area contributed by atoms with Gasteiger partial charge in [0.2, 0.25) is 5.88 Å². The smallest absolute Gasteiger partial charge is 0.227 e. The molecule has 0 bridgehead atoms. The summed E-state index contributed by atoms with van der Waals surface area (Å²) in [7, 11) is 0. The van der Waals surface area contributed by atoms with Crippen LogP contribution < -0.4 is 4.74 Å². The average molecular weight is 496 g/mol. The minimum absolute atomic E-state index is 0.116. The third-order valence-corrected chi connectivity index (χ3v) is 7.26. The molecule has 2 aromatic heterocycles. The van der Waals surface area contributed by atoms with Crippen LogP contribution in [0.25, 0.3) is 11.4 Å². The second kappa shape index (κ2) is 9.31. The Kier molecular flexibility index (Phi) is 6.25. The van der Waals surface area contributed by atoms with E-state index < -0.39 is 0 Å². The summed E-state index contributed by atoms with van der Waals surface area (Å²) in [6.07, 6.45) is 2.23. The molecule has 0 saturated carbocycles. The van der Waals surface area contributed by atoms with Crippen LogP contribution in [0.4, 0.5) is 0 Å². The highest BCUT2D eigenvalue weighted by Crippen LogP contribution is 2.43. The van der Waals surface area contributed by atoms with Crippen molar-refractivity contribution in [2.24, 2.45) is 0 Å². The maximum Gasteiger partial charge on any atom is 0.227 e. The van der Waals surface area contributed by atoms with E-state index in [0.717, 1.165) is 38.5 Å². The Morgan fingerprint density at radius 2 is 1.73 bits per heavy atom. The van der Waals surface area contributed by atoms with Gasteiger partial charge < -0.3 is 9.84 Å². The van der Waals surface area contributed by atoms with Crippen molar-refractivity contribution in [2.75, 3.05) is 0 Å². The molecule has 1 aliphatic rings. The summed E-state index contributed by atoms with van der Waals surface area (Å²) in [5.74, 6) is 2.25. The molecule has 0 amide bonds. The molecule has 0 spiro atoms. The van der Waals surface area contributed by atoms with Gasteiger partial charge in [0.15, 0.2) is 11.6 Å². The predicted molar refractivity (Wildman–Crippen MR) is 131 cm³/mol. The van der Waals surface area contributed by atoms with Gasteiger partial charge >= 0.3 is 0 Å². The third-order valence-electron chi connectivity index (χ3n) is 5.50. The maximum atomic E-state index is 9.85. The van der Waals surface area contributed by atoms with Gasteiger partial charge in [0.1, 0.15) is 5.03 Å². The van der Waals surface area contributed by atoms with Crippen molar-refractivity contribution in [2.45, 2.75) is 30.7 Å². The lowest BCUT2D eigenvalue weighted by molar-refractivity contribution is 0.278. The number of aliphatic hydroxyl groups excluding tert-OH is 1. The lowest BCUT2D eigenvalue weighted by atomic mass is 9.99. The van der Waals surface area contributed by atoms with Gasteiger partial charge in [-0.1, -0.05) is 53.5 Å². The summed E-state index contributed by atoms with van der Waals surface area (Å²) < 4.78 is 6.26. The number of thioether (sulfide) groups is 1. The third kappa shape index (κ3) is 4.32. The Morgan fingerprint density at radius 1 is 0.970 bits per heavy atom. The molecule has 0 atom stereocenters. The number of fused-ring (bicyclic) bond motifs is 2. The predicted octanol–water partition coefficient (Wildman–Crippen LogP) is 6.63. The number of hydrogen-bond acceptors (Lipinski definition) is 6. The van der Waals surface area contributed by atoms with Crippen LogP contribution in [0.1, 0.15) is 27.9 Å². The van der Waals surface area contributed by atoms with Crippen molar-refractivity contribution in [3.05, 3.63) is 92.7 Å². The highest BCUT2D eigenvalue weighted by Gasteiger charge is 2.28. The Hall–Kier alpha value is -2.64. The minimum Gasteiger partial charge on any atom is -0.436 e. The van der Waals surface area contributed by atoms with Gasteiger partial charge in [-0.05, 0) is 30.7 Å². The molecule has 1 N–H and O–H groups in total. The van der Waals surface area contributed by atoms with Crippen molar-refractivity contribution in [3.63, 3.8) is 0 Å². The van der Waals surface area contributed by atoms with E-state index in [4.69, 9.17) is 37.9 Å². The molecule has 5 rings (SSSR count). The molecule has 2 aromatic carbocycles. The van der Waals surface area contributed by atoms with E-state index >= 15 is 0 Å². The first-order chi connectivity index (χ1) is 16.0. The molecule has 0 fully saturated rings. The van der Waals surface area contributed by atoms with E-state index in [9.17, 15) is 5.11 Å². The Bertz CT molecular complexity index is 1360. The lowest BCUT2D eigenvalue weighted by Gasteiger charge is -2.24. The highest BCUT2D eigenvalue weighted by molar-refractivity contribution is 7.98. The van der Waals surface area contributed by atoms with Gasteiger partial charge in [0, 0.05) is 40.1 Å². The molecular weight excluding hydrogens is 477 g/mol. The van der Waals surface area contributed by atoms with E-state index in [0.29, 0.717) is 39.7 Å². The molecule has 4 aromatic rings. The number of ether oxygens (including phenoxy) is 1. The standard InChI is InChI=1S/C25H19Cl2N3O2S/c1-14-22-18(16(12-31)11-28-14)10-19-24(32-22)29-23(17-7-3-5-9-21(17)27)30-25(19)33-13-15-6-2-4-8-20(15)26/h2-9,11,31H,10,12-13H2,1H3. The van der Waals surface area contributed by atoms with E-state index in [2.05, 4.69) is 4.98 Å². The first-order valence-electron chi connectivity index (χ1n) is 10.3. The molecule has 0 saturated heterocycles. The minimum atomic E-state index is -0.116. The van der Waals surface area contributed by atoms with Gasteiger partial charge in [-0.25, -0.2) is 4.98 Å². The molecule has 3 heterocycles. The van der Waals surface area contributed by atoms with Gasteiger partial charge in [-0.2, -0.15) is 4.98 Å².